The second-order valence-electron chi connectivity index (χ2n) is 31.1. The molecular formula is C119H98BrCl4IO14S7. The molecule has 0 amide bonds. The number of carboxylic acid groups (broad SMARTS) is 3. The first-order chi connectivity index (χ1) is 68.1. The summed E-state index contributed by atoms with van der Waals surface area (Å²) in [5.74, 6) is -2.59. The zero-order valence-corrected chi connectivity index (χ0v) is 88.0. The van der Waals surface area contributed by atoms with Crippen LogP contribution in [-0.4, -0.2) is 61.3 Å². The average Bonchev–Trinajstić information content (AvgIpc) is 1.51. The second kappa shape index (κ2) is 55.5. The molecule has 742 valence electrons. The van der Waals surface area contributed by atoms with E-state index in [4.69, 9.17) is 72.4 Å². The Kier molecular flexibility index (Phi) is 44.6. The zero-order chi connectivity index (χ0) is 99.7. The molecule has 3 aliphatic rings. The number of aromatic carboxylic acids is 2. The number of carboxylic acids is 3. The fourth-order valence-corrected chi connectivity index (χ4v) is 23.2. The van der Waals surface area contributed by atoms with Gasteiger partial charge >= 0.3 is 22.3 Å². The minimum Gasteiger partial charge on any atom is -0.481 e. The first-order valence-corrected chi connectivity index (χ1v) is 52.2. The van der Waals surface area contributed by atoms with Gasteiger partial charge in [-0.3, -0.25) is 23.5 Å². The molecule has 0 unspecified atom stereocenters. The molecule has 0 atom stereocenters. The number of aliphatic carboxylic acids is 1. The van der Waals surface area contributed by atoms with Crippen molar-refractivity contribution in [3.05, 3.63) is 536 Å². The molecule has 0 saturated carbocycles. The summed E-state index contributed by atoms with van der Waals surface area (Å²) in [6.07, 6.45) is 0. The Morgan fingerprint density at radius 1 is 0.363 bits per heavy atom. The number of rotatable bonds is 7. The third kappa shape index (κ3) is 29.2. The highest BCUT2D eigenvalue weighted by molar-refractivity contribution is 14.1. The number of halogens is 6. The van der Waals surface area contributed by atoms with Crippen LogP contribution in [0.1, 0.15) is 88.9 Å². The standard InChI is InChI=1S/C25H17ClOS.C25H15ClS.C13H10O2S.2C13H8OS.C12H8BrCl.C7H5IO2.C6H6S.C2H4O2.3CH4.ClH.H2O4S.H2O/c26-18-15-13-17(14-16-18)19-7-1-2-8-20(19)25(27)21-9-3-5-11-23(21)28-24-12-6-4-10-22(24)25;26-16-13-14-18-17-7-1-2-8-19(17)25(22(18)15-16)20-9-3-5-11-23(20)27-24-12-6-4-10-21(24)25;14-13(15)11-8-4-5-9-12(11)16-10-6-2-1-3-7-10;2*14-13-9-5-1-3-7-11(9)15-12-8-4-2-6-10(12)13;13-12-4-2-1-3-11(12)9-5-7-10(14)8-6-9;8-6-4-2-1-3-5(6)7(9)10;7-6-4-2-1-3-5-6;1-2(3)4;;;;;1-5(2,3)4;/h1-16,27H;1-15H;1-9H,(H,14,15);2*1-8H;1-8H;1-4H,(H,9,10);1-5,7H;1H3,(H,3,4);3*1H4;1H;(H2,1,2,3,4);1H2. The summed E-state index contributed by atoms with van der Waals surface area (Å²) >= 11 is 36.4. The van der Waals surface area contributed by atoms with Crippen molar-refractivity contribution in [2.75, 3.05) is 0 Å². The maximum absolute atomic E-state index is 12.3. The van der Waals surface area contributed by atoms with Gasteiger partial charge in [-0.2, -0.15) is 8.42 Å². The molecule has 2 aliphatic heterocycles. The number of fused-ring (bicyclic) bond motifs is 15. The van der Waals surface area contributed by atoms with E-state index in [-0.39, 0.29) is 56.4 Å². The van der Waals surface area contributed by atoms with Crippen LogP contribution in [-0.2, 0) is 26.2 Å². The predicted octanol–water partition coefficient (Wildman–Crippen LogP) is 34.0. The van der Waals surface area contributed by atoms with Gasteiger partial charge in [-0.05, 0) is 242 Å². The quantitative estimate of drug-likeness (QED) is 0.0338. The lowest BCUT2D eigenvalue weighted by Crippen LogP contribution is -2.32. The molecule has 0 saturated heterocycles. The van der Waals surface area contributed by atoms with Crippen molar-refractivity contribution in [1.82, 2.24) is 0 Å². The highest BCUT2D eigenvalue weighted by Crippen LogP contribution is 2.63. The third-order valence-corrected chi connectivity index (χ3v) is 30.4. The van der Waals surface area contributed by atoms with Crippen LogP contribution >= 0.6 is 156 Å². The fourth-order valence-electron chi connectivity index (χ4n) is 16.0. The minimum atomic E-state index is -4.67. The molecule has 23 rings (SSSR count). The van der Waals surface area contributed by atoms with Gasteiger partial charge in [0.25, 0.3) is 5.97 Å². The van der Waals surface area contributed by atoms with Gasteiger partial charge in [0.1, 0.15) is 5.60 Å². The van der Waals surface area contributed by atoms with E-state index >= 15 is 0 Å². The number of thiol groups is 1. The molecule has 4 heterocycles. The maximum atomic E-state index is 12.3. The largest absolute Gasteiger partial charge is 0.481 e. The molecule has 146 heavy (non-hydrogen) atoms. The highest BCUT2D eigenvalue weighted by Gasteiger charge is 2.50. The minimum absolute atomic E-state index is 0. The van der Waals surface area contributed by atoms with E-state index < -0.39 is 33.9 Å². The van der Waals surface area contributed by atoms with Crippen LogP contribution in [0, 0.1) is 3.57 Å². The lowest BCUT2D eigenvalue weighted by atomic mass is 9.67. The molecule has 8 N–H and O–H groups in total. The van der Waals surface area contributed by atoms with Crippen molar-refractivity contribution in [1.29, 1.82) is 0 Å². The molecule has 0 bridgehead atoms. The Balaban J connectivity index is 0.000000187. The summed E-state index contributed by atoms with van der Waals surface area (Å²) in [5, 5.41) is 42.8. The van der Waals surface area contributed by atoms with Gasteiger partial charge < -0.3 is 25.9 Å². The van der Waals surface area contributed by atoms with Crippen molar-refractivity contribution in [3.8, 4) is 33.4 Å². The monoisotopic (exact) mass is 2320 g/mol. The molecule has 0 fully saturated rings. The molecule has 27 heteroatoms. The van der Waals surface area contributed by atoms with E-state index in [1.807, 2.05) is 338 Å². The van der Waals surface area contributed by atoms with Crippen LogP contribution < -0.4 is 10.9 Å². The Morgan fingerprint density at radius 3 is 1.08 bits per heavy atom. The molecule has 1 aliphatic carbocycles. The van der Waals surface area contributed by atoms with Gasteiger partial charge in [0.05, 0.1) is 16.5 Å². The van der Waals surface area contributed by atoms with Crippen LogP contribution in [0.5, 0.6) is 0 Å². The molecule has 20 aromatic rings. The van der Waals surface area contributed by atoms with Gasteiger partial charge in [-0.25, -0.2) is 9.59 Å². The number of carbonyl (C=O) groups is 3. The SMILES string of the molecule is C.C.C.CC(=O)O.Cl.Clc1ccc(-c2ccccc2Br)cc1.Clc1ccc2c(c1)C1(c3ccccc3Sc3ccccc31)c1ccccc1-2.O.O=C(O)c1ccccc1I.O=C(O)c1ccccc1Sc1ccccc1.O=S(=O)(O)O.O=c1c2ccccc2sc2ccccc12.O=c1c2ccccc2sc2ccccc12.OC1(c2ccccc2-c2ccc(Cl)cc2)c2ccccc2Sc2ccccc21.Sc1ccccc1. The number of benzene rings is 18. The Labute approximate surface area is 917 Å². The summed E-state index contributed by atoms with van der Waals surface area (Å²) in [6, 6.07) is 145. The van der Waals surface area contributed by atoms with Crippen LogP contribution in [0.25, 0.3) is 73.7 Å². The lowest BCUT2D eigenvalue weighted by Gasteiger charge is -2.39. The Bertz CT molecular complexity index is 7800. The van der Waals surface area contributed by atoms with Crippen LogP contribution in [0.15, 0.2) is 491 Å². The summed E-state index contributed by atoms with van der Waals surface area (Å²) in [7, 11) is -4.67. The maximum Gasteiger partial charge on any atom is 0.394 e. The van der Waals surface area contributed by atoms with Crippen molar-refractivity contribution < 1.29 is 57.8 Å². The van der Waals surface area contributed by atoms with Gasteiger partial charge in [0.2, 0.25) is 0 Å². The molecule has 1 spiro atoms. The summed E-state index contributed by atoms with van der Waals surface area (Å²) < 4.78 is 37.7. The summed E-state index contributed by atoms with van der Waals surface area (Å²) in [6.45, 7) is 1.08. The van der Waals surface area contributed by atoms with E-state index in [1.165, 1.54) is 66.1 Å². The molecule has 0 radical (unpaired) electrons. The van der Waals surface area contributed by atoms with Crippen molar-refractivity contribution in [3.63, 3.8) is 0 Å². The molecular weight excluding hydrogens is 2230 g/mol. The number of aliphatic hydroxyl groups is 1. The van der Waals surface area contributed by atoms with E-state index in [2.05, 4.69) is 138 Å². The third-order valence-electron chi connectivity index (χ3n) is 22.0. The van der Waals surface area contributed by atoms with Crippen molar-refractivity contribution >= 4 is 225 Å². The predicted molar refractivity (Wildman–Crippen MR) is 627 cm³/mol. The molecule has 2 aromatic heterocycles. The Hall–Kier alpha value is -12.3. The first kappa shape index (κ1) is 117. The van der Waals surface area contributed by atoms with E-state index in [0.29, 0.717) is 16.1 Å². The fraction of sp³-hybridized carbons (Fsp3) is 0.0504. The van der Waals surface area contributed by atoms with Gasteiger partial charge in [-0.15, -0.1) is 47.7 Å². The van der Waals surface area contributed by atoms with Crippen molar-refractivity contribution in [2.45, 2.75) is 74.5 Å². The number of hydrogen-bond donors (Lipinski definition) is 7. The van der Waals surface area contributed by atoms with E-state index in [9.17, 15) is 24.3 Å². The van der Waals surface area contributed by atoms with Crippen LogP contribution in [0.4, 0.5) is 0 Å². The smallest absolute Gasteiger partial charge is 0.394 e. The highest BCUT2D eigenvalue weighted by atomic mass is 127. The summed E-state index contributed by atoms with van der Waals surface area (Å²) in [5.41, 5.74) is 14.5. The van der Waals surface area contributed by atoms with E-state index in [1.54, 1.807) is 64.8 Å². The number of hydrogen-bond acceptors (Lipinski definition) is 14. The normalized spacial score (nSPS) is 11.4. The van der Waals surface area contributed by atoms with Gasteiger partial charge in [0.15, 0.2) is 10.9 Å². The summed E-state index contributed by atoms with van der Waals surface area (Å²) in [4.78, 5) is 62.2. The van der Waals surface area contributed by atoms with Crippen LogP contribution in [0.2, 0.25) is 15.1 Å². The lowest BCUT2D eigenvalue weighted by molar-refractivity contribution is -0.134. The van der Waals surface area contributed by atoms with Crippen molar-refractivity contribution in [2.24, 2.45) is 0 Å². The first-order valence-electron chi connectivity index (χ1n) is 43.3. The average molecular weight is 2330 g/mol. The second-order valence-corrected chi connectivity index (χ2v) is 41.3. The molecule has 14 nitrogen and oxygen atoms in total. The van der Waals surface area contributed by atoms with Crippen LogP contribution in [0.3, 0.4) is 0 Å². The topological polar surface area (TPSA) is 272 Å². The van der Waals surface area contributed by atoms with Gasteiger partial charge in [-0.1, -0.05) is 387 Å². The van der Waals surface area contributed by atoms with Gasteiger partial charge in [0, 0.05) is 121 Å². The van der Waals surface area contributed by atoms with E-state index in [0.717, 1.165) is 118 Å². The zero-order valence-electron chi connectivity index (χ0n) is 75.4. The Morgan fingerprint density at radius 2 is 0.671 bits per heavy atom. The molecule has 18 aromatic carbocycles.